The molecule has 0 N–H and O–H groups in total. The second-order valence-corrected chi connectivity index (χ2v) is 4.05. The zero-order chi connectivity index (χ0) is 11.4. The Bertz CT molecular complexity index is 353. The van der Waals surface area contributed by atoms with Crippen LogP contribution in [0.15, 0.2) is 24.5 Å². The number of nitrogens with zero attached hydrogens (tertiary/aromatic N) is 2. The van der Waals surface area contributed by atoms with Gasteiger partial charge in [0.2, 0.25) is 5.91 Å². The van der Waals surface area contributed by atoms with E-state index in [4.69, 9.17) is 4.74 Å². The van der Waals surface area contributed by atoms with Gasteiger partial charge in [0.25, 0.3) is 0 Å². The molecule has 0 unspecified atom stereocenters. The standard InChI is InChI=1S/C12H16N2O2/c1-10(15)14-6-4-12(8-14)16-9-11-3-2-5-13-7-11/h2-3,5,7,12H,4,6,8-9H2,1H3/t12-/m0/s1. The molecule has 1 saturated heterocycles. The number of carbonyl (C=O) groups is 1. The first-order chi connectivity index (χ1) is 7.75. The van der Waals surface area contributed by atoms with Gasteiger partial charge in [-0.1, -0.05) is 6.07 Å². The Hall–Kier alpha value is -1.42. The van der Waals surface area contributed by atoms with Gasteiger partial charge in [-0.2, -0.15) is 0 Å². The summed E-state index contributed by atoms with van der Waals surface area (Å²) in [5, 5.41) is 0. The number of amides is 1. The zero-order valence-corrected chi connectivity index (χ0v) is 9.43. The summed E-state index contributed by atoms with van der Waals surface area (Å²) >= 11 is 0. The Morgan fingerprint density at radius 1 is 1.69 bits per heavy atom. The molecule has 0 aromatic carbocycles. The van der Waals surface area contributed by atoms with Gasteiger partial charge in [0.1, 0.15) is 0 Å². The first-order valence-corrected chi connectivity index (χ1v) is 5.52. The van der Waals surface area contributed by atoms with Crippen molar-refractivity contribution < 1.29 is 9.53 Å². The lowest BCUT2D eigenvalue weighted by molar-refractivity contribution is -0.128. The Morgan fingerprint density at radius 2 is 2.56 bits per heavy atom. The molecule has 1 fully saturated rings. The van der Waals surface area contributed by atoms with Crippen molar-refractivity contribution in [3.05, 3.63) is 30.1 Å². The van der Waals surface area contributed by atoms with E-state index < -0.39 is 0 Å². The predicted molar refractivity (Wildman–Crippen MR) is 59.7 cm³/mol. The number of rotatable bonds is 3. The molecular formula is C12H16N2O2. The van der Waals surface area contributed by atoms with Crippen molar-refractivity contribution >= 4 is 5.91 Å². The minimum absolute atomic E-state index is 0.132. The Kier molecular flexibility index (Phi) is 3.51. The van der Waals surface area contributed by atoms with Crippen LogP contribution in [-0.2, 0) is 16.1 Å². The van der Waals surface area contributed by atoms with Crippen molar-refractivity contribution in [1.29, 1.82) is 0 Å². The lowest BCUT2D eigenvalue weighted by Crippen LogP contribution is -2.27. The van der Waals surface area contributed by atoms with E-state index in [1.54, 1.807) is 19.3 Å². The molecule has 0 aliphatic carbocycles. The van der Waals surface area contributed by atoms with Crippen LogP contribution in [-0.4, -0.2) is 35.0 Å². The quantitative estimate of drug-likeness (QED) is 0.769. The Morgan fingerprint density at radius 3 is 3.19 bits per heavy atom. The Balaban J connectivity index is 1.78. The van der Waals surface area contributed by atoms with Crippen LogP contribution in [0.5, 0.6) is 0 Å². The summed E-state index contributed by atoms with van der Waals surface area (Å²) in [5.74, 6) is 0.132. The van der Waals surface area contributed by atoms with Gasteiger partial charge in [-0.25, -0.2) is 0 Å². The first kappa shape index (κ1) is 11.1. The molecule has 2 rings (SSSR count). The van der Waals surface area contributed by atoms with E-state index in [-0.39, 0.29) is 12.0 Å². The topological polar surface area (TPSA) is 42.4 Å². The van der Waals surface area contributed by atoms with Crippen molar-refractivity contribution in [3.63, 3.8) is 0 Å². The van der Waals surface area contributed by atoms with Crippen molar-refractivity contribution in [2.45, 2.75) is 26.1 Å². The molecule has 0 radical (unpaired) electrons. The highest BCUT2D eigenvalue weighted by Gasteiger charge is 2.24. The van der Waals surface area contributed by atoms with E-state index in [0.717, 1.165) is 25.1 Å². The second kappa shape index (κ2) is 5.07. The molecule has 86 valence electrons. The number of hydrogen-bond donors (Lipinski definition) is 0. The van der Waals surface area contributed by atoms with E-state index in [1.165, 1.54) is 0 Å². The molecule has 4 nitrogen and oxygen atoms in total. The van der Waals surface area contributed by atoms with Gasteiger partial charge in [0.15, 0.2) is 0 Å². The predicted octanol–water partition coefficient (Wildman–Crippen LogP) is 1.22. The number of carbonyl (C=O) groups excluding carboxylic acids is 1. The zero-order valence-electron chi connectivity index (χ0n) is 9.43. The highest BCUT2D eigenvalue weighted by Crippen LogP contribution is 2.14. The number of ether oxygens (including phenoxy) is 1. The fourth-order valence-corrected chi connectivity index (χ4v) is 1.85. The average molecular weight is 220 g/mol. The molecular weight excluding hydrogens is 204 g/mol. The van der Waals surface area contributed by atoms with Gasteiger partial charge < -0.3 is 9.64 Å². The van der Waals surface area contributed by atoms with Crippen LogP contribution >= 0.6 is 0 Å². The summed E-state index contributed by atoms with van der Waals surface area (Å²) in [7, 11) is 0. The molecule has 1 atom stereocenters. The first-order valence-electron chi connectivity index (χ1n) is 5.52. The molecule has 1 aliphatic heterocycles. The number of pyridine rings is 1. The van der Waals surface area contributed by atoms with Gasteiger partial charge in [-0.05, 0) is 18.1 Å². The molecule has 16 heavy (non-hydrogen) atoms. The number of likely N-dealkylation sites (tertiary alicyclic amines) is 1. The van der Waals surface area contributed by atoms with Gasteiger partial charge >= 0.3 is 0 Å². The molecule has 0 spiro atoms. The van der Waals surface area contributed by atoms with Crippen molar-refractivity contribution in [3.8, 4) is 0 Å². The fraction of sp³-hybridized carbons (Fsp3) is 0.500. The van der Waals surface area contributed by atoms with Crippen LogP contribution in [0.2, 0.25) is 0 Å². The highest BCUT2D eigenvalue weighted by atomic mass is 16.5. The van der Waals surface area contributed by atoms with Crippen molar-refractivity contribution in [2.24, 2.45) is 0 Å². The molecule has 0 saturated carbocycles. The van der Waals surface area contributed by atoms with Crippen molar-refractivity contribution in [2.75, 3.05) is 13.1 Å². The Labute approximate surface area is 95.2 Å². The summed E-state index contributed by atoms with van der Waals surface area (Å²) in [6.45, 7) is 3.70. The van der Waals surface area contributed by atoms with Crippen LogP contribution in [0, 0.1) is 0 Å². The molecule has 1 aromatic rings. The third kappa shape index (κ3) is 2.79. The van der Waals surface area contributed by atoms with Crippen LogP contribution < -0.4 is 0 Å². The average Bonchev–Trinajstić information content (AvgIpc) is 2.76. The number of hydrogen-bond acceptors (Lipinski definition) is 3. The van der Waals surface area contributed by atoms with E-state index >= 15 is 0 Å². The minimum atomic E-state index is 0.132. The lowest BCUT2D eigenvalue weighted by atomic mass is 10.3. The summed E-state index contributed by atoms with van der Waals surface area (Å²) in [4.78, 5) is 17.0. The van der Waals surface area contributed by atoms with Crippen LogP contribution in [0.4, 0.5) is 0 Å². The van der Waals surface area contributed by atoms with Gasteiger partial charge in [-0.3, -0.25) is 9.78 Å². The normalized spacial score (nSPS) is 20.1. The van der Waals surface area contributed by atoms with Gasteiger partial charge in [-0.15, -0.1) is 0 Å². The van der Waals surface area contributed by atoms with Crippen LogP contribution in [0.25, 0.3) is 0 Å². The van der Waals surface area contributed by atoms with E-state index in [0.29, 0.717) is 6.61 Å². The molecule has 2 heterocycles. The number of aromatic nitrogens is 1. The monoisotopic (exact) mass is 220 g/mol. The SMILES string of the molecule is CC(=O)N1CC[C@H](OCc2cccnc2)C1. The van der Waals surface area contributed by atoms with Gasteiger partial charge in [0.05, 0.1) is 12.7 Å². The maximum absolute atomic E-state index is 11.1. The van der Waals surface area contributed by atoms with E-state index in [9.17, 15) is 4.79 Å². The summed E-state index contributed by atoms with van der Waals surface area (Å²) < 4.78 is 5.74. The van der Waals surface area contributed by atoms with Gasteiger partial charge in [0, 0.05) is 32.4 Å². The molecule has 1 aliphatic rings. The van der Waals surface area contributed by atoms with E-state index in [2.05, 4.69) is 4.98 Å². The van der Waals surface area contributed by atoms with E-state index in [1.807, 2.05) is 17.0 Å². The largest absolute Gasteiger partial charge is 0.372 e. The lowest BCUT2D eigenvalue weighted by Gasteiger charge is -2.14. The third-order valence-corrected chi connectivity index (χ3v) is 2.80. The molecule has 4 heteroatoms. The maximum atomic E-state index is 11.1. The minimum Gasteiger partial charge on any atom is -0.372 e. The molecule has 1 aromatic heterocycles. The van der Waals surface area contributed by atoms with Crippen molar-refractivity contribution in [1.82, 2.24) is 9.88 Å². The summed E-state index contributed by atoms with van der Waals surface area (Å²) in [5.41, 5.74) is 1.07. The maximum Gasteiger partial charge on any atom is 0.219 e. The molecule has 1 amide bonds. The fourth-order valence-electron chi connectivity index (χ4n) is 1.85. The third-order valence-electron chi connectivity index (χ3n) is 2.80. The summed E-state index contributed by atoms with van der Waals surface area (Å²) in [6, 6.07) is 3.89. The molecule has 0 bridgehead atoms. The smallest absolute Gasteiger partial charge is 0.219 e. The second-order valence-electron chi connectivity index (χ2n) is 4.05. The van der Waals surface area contributed by atoms with Crippen LogP contribution in [0.1, 0.15) is 18.9 Å². The summed E-state index contributed by atoms with van der Waals surface area (Å²) in [6.07, 6.45) is 4.65. The van der Waals surface area contributed by atoms with Crippen LogP contribution in [0.3, 0.4) is 0 Å². The highest BCUT2D eigenvalue weighted by molar-refractivity contribution is 5.73.